The quantitative estimate of drug-likeness (QED) is 0.356. The standard InChI is InChI=1S/C22H25N5O4/c1-16-24-19-5-2-3-6-21(19)26(16)10-4-9-23-22(28)18-15-17(27(29)30)7-8-20(18)25-11-13-31-14-12-25/h2-3,5-8,15H,4,9-14H2,1H3,(H,23,28). The van der Waals surface area contributed by atoms with Gasteiger partial charge in [-0.3, -0.25) is 14.9 Å². The van der Waals surface area contributed by atoms with Gasteiger partial charge >= 0.3 is 0 Å². The molecule has 1 fully saturated rings. The molecule has 9 nitrogen and oxygen atoms in total. The molecule has 0 radical (unpaired) electrons. The first-order chi connectivity index (χ1) is 15.0. The van der Waals surface area contributed by atoms with Gasteiger partial charge in [-0.2, -0.15) is 0 Å². The number of nitrogens with one attached hydrogen (secondary N) is 1. The van der Waals surface area contributed by atoms with Crippen molar-refractivity contribution in [1.29, 1.82) is 0 Å². The van der Waals surface area contributed by atoms with Crippen LogP contribution in [0.5, 0.6) is 0 Å². The maximum Gasteiger partial charge on any atom is 0.270 e. The summed E-state index contributed by atoms with van der Waals surface area (Å²) in [6.07, 6.45) is 0.717. The summed E-state index contributed by atoms with van der Waals surface area (Å²) in [5, 5.41) is 14.1. The molecule has 0 saturated carbocycles. The van der Waals surface area contributed by atoms with Crippen molar-refractivity contribution in [3.63, 3.8) is 0 Å². The van der Waals surface area contributed by atoms with E-state index in [-0.39, 0.29) is 11.6 Å². The summed E-state index contributed by atoms with van der Waals surface area (Å²) in [4.78, 5) is 30.3. The van der Waals surface area contributed by atoms with E-state index < -0.39 is 4.92 Å². The molecule has 1 amide bonds. The lowest BCUT2D eigenvalue weighted by Crippen LogP contribution is -2.38. The Balaban J connectivity index is 1.44. The van der Waals surface area contributed by atoms with Crippen LogP contribution in [0.25, 0.3) is 11.0 Å². The van der Waals surface area contributed by atoms with Gasteiger partial charge in [0.2, 0.25) is 0 Å². The molecule has 9 heteroatoms. The Labute approximate surface area is 179 Å². The van der Waals surface area contributed by atoms with Crippen LogP contribution >= 0.6 is 0 Å². The molecule has 0 unspecified atom stereocenters. The number of aryl methyl sites for hydroxylation is 2. The summed E-state index contributed by atoms with van der Waals surface area (Å²) in [7, 11) is 0. The summed E-state index contributed by atoms with van der Waals surface area (Å²) in [6, 6.07) is 12.4. The van der Waals surface area contributed by atoms with Crippen LogP contribution < -0.4 is 10.2 Å². The predicted octanol–water partition coefficient (Wildman–Crippen LogP) is 2.91. The average Bonchev–Trinajstić information content (AvgIpc) is 3.11. The van der Waals surface area contributed by atoms with Gasteiger partial charge in [-0.15, -0.1) is 0 Å². The van der Waals surface area contributed by atoms with E-state index in [2.05, 4.69) is 14.9 Å². The van der Waals surface area contributed by atoms with Crippen LogP contribution in [-0.2, 0) is 11.3 Å². The van der Waals surface area contributed by atoms with E-state index in [4.69, 9.17) is 4.74 Å². The molecule has 31 heavy (non-hydrogen) atoms. The van der Waals surface area contributed by atoms with Crippen LogP contribution in [0, 0.1) is 17.0 Å². The van der Waals surface area contributed by atoms with Gasteiger partial charge in [0, 0.05) is 38.3 Å². The Morgan fingerprint density at radius 1 is 1.23 bits per heavy atom. The van der Waals surface area contributed by atoms with Crippen molar-refractivity contribution in [1.82, 2.24) is 14.9 Å². The van der Waals surface area contributed by atoms with Gasteiger partial charge in [0.15, 0.2) is 0 Å². The van der Waals surface area contributed by atoms with E-state index >= 15 is 0 Å². The minimum Gasteiger partial charge on any atom is -0.378 e. The van der Waals surface area contributed by atoms with Crippen molar-refractivity contribution in [2.45, 2.75) is 19.9 Å². The smallest absolute Gasteiger partial charge is 0.270 e. The van der Waals surface area contributed by atoms with Crippen LogP contribution in [-0.4, -0.2) is 53.2 Å². The lowest BCUT2D eigenvalue weighted by Gasteiger charge is -2.30. The highest BCUT2D eigenvalue weighted by molar-refractivity contribution is 6.00. The molecule has 2 heterocycles. The molecular weight excluding hydrogens is 398 g/mol. The molecule has 162 valence electrons. The molecule has 0 bridgehead atoms. The zero-order valence-electron chi connectivity index (χ0n) is 17.4. The molecule has 4 rings (SSSR count). The molecular formula is C22H25N5O4. The molecule has 1 saturated heterocycles. The number of para-hydroxylation sites is 2. The van der Waals surface area contributed by atoms with Crippen LogP contribution in [0.3, 0.4) is 0 Å². The first kappa shape index (κ1) is 20.8. The van der Waals surface area contributed by atoms with E-state index in [1.165, 1.54) is 12.1 Å². The molecule has 1 aromatic heterocycles. The Morgan fingerprint density at radius 3 is 2.77 bits per heavy atom. The molecule has 0 atom stereocenters. The first-order valence-electron chi connectivity index (χ1n) is 10.4. The number of carbonyl (C=O) groups excluding carboxylic acids is 1. The fourth-order valence-electron chi connectivity index (χ4n) is 3.91. The number of hydrogen-bond donors (Lipinski definition) is 1. The van der Waals surface area contributed by atoms with Gasteiger partial charge in [0.05, 0.1) is 40.4 Å². The lowest BCUT2D eigenvalue weighted by molar-refractivity contribution is -0.384. The summed E-state index contributed by atoms with van der Waals surface area (Å²) in [5.74, 6) is 0.623. The molecule has 0 spiro atoms. The Hall–Kier alpha value is -3.46. The van der Waals surface area contributed by atoms with Crippen LogP contribution in [0.2, 0.25) is 0 Å². The van der Waals surface area contributed by atoms with Crippen LogP contribution in [0.4, 0.5) is 11.4 Å². The molecule has 1 aliphatic heterocycles. The lowest BCUT2D eigenvalue weighted by atomic mass is 10.1. The maximum atomic E-state index is 12.9. The Morgan fingerprint density at radius 2 is 2.00 bits per heavy atom. The number of amides is 1. The number of nitro groups is 1. The zero-order chi connectivity index (χ0) is 21.8. The van der Waals surface area contributed by atoms with Crippen molar-refractivity contribution in [2.24, 2.45) is 0 Å². The number of anilines is 1. The predicted molar refractivity (Wildman–Crippen MR) is 118 cm³/mol. The van der Waals surface area contributed by atoms with Crippen molar-refractivity contribution in [3.05, 3.63) is 64.0 Å². The Bertz CT molecular complexity index is 1100. The fourth-order valence-corrected chi connectivity index (χ4v) is 3.91. The topological polar surface area (TPSA) is 103 Å². The second-order valence-corrected chi connectivity index (χ2v) is 7.47. The van der Waals surface area contributed by atoms with E-state index in [0.29, 0.717) is 44.1 Å². The number of fused-ring (bicyclic) bond motifs is 1. The number of ether oxygens (including phenoxy) is 1. The van der Waals surface area contributed by atoms with E-state index in [0.717, 1.165) is 29.8 Å². The van der Waals surface area contributed by atoms with Crippen LogP contribution in [0.1, 0.15) is 22.6 Å². The molecule has 1 aliphatic rings. The zero-order valence-corrected chi connectivity index (χ0v) is 17.4. The minimum atomic E-state index is -0.479. The normalized spacial score (nSPS) is 14.0. The first-order valence-corrected chi connectivity index (χ1v) is 10.4. The minimum absolute atomic E-state index is 0.0948. The number of hydrogen-bond acceptors (Lipinski definition) is 6. The largest absolute Gasteiger partial charge is 0.378 e. The van der Waals surface area contributed by atoms with Crippen molar-refractivity contribution < 1.29 is 14.5 Å². The average molecular weight is 423 g/mol. The van der Waals surface area contributed by atoms with Gasteiger partial charge in [-0.05, 0) is 31.5 Å². The number of aromatic nitrogens is 2. The number of imidazole rings is 1. The third kappa shape index (κ3) is 4.51. The highest BCUT2D eigenvalue weighted by Crippen LogP contribution is 2.26. The summed E-state index contributed by atoms with van der Waals surface area (Å²) in [5.41, 5.74) is 2.95. The van der Waals surface area contributed by atoms with Crippen molar-refractivity contribution in [2.75, 3.05) is 37.7 Å². The number of nitrogens with zero attached hydrogens (tertiary/aromatic N) is 4. The molecule has 1 N–H and O–H groups in total. The third-order valence-corrected chi connectivity index (χ3v) is 5.48. The number of morpholine rings is 1. The van der Waals surface area contributed by atoms with Crippen molar-refractivity contribution in [3.8, 4) is 0 Å². The second kappa shape index (κ2) is 9.13. The van der Waals surface area contributed by atoms with Crippen LogP contribution in [0.15, 0.2) is 42.5 Å². The molecule has 0 aliphatic carbocycles. The fraction of sp³-hybridized carbons (Fsp3) is 0.364. The number of carbonyl (C=O) groups is 1. The van der Waals surface area contributed by atoms with Gasteiger partial charge < -0.3 is 19.5 Å². The highest BCUT2D eigenvalue weighted by atomic mass is 16.6. The van der Waals surface area contributed by atoms with E-state index in [9.17, 15) is 14.9 Å². The maximum absolute atomic E-state index is 12.9. The SMILES string of the molecule is Cc1nc2ccccc2n1CCCNC(=O)c1cc([N+](=O)[O-])ccc1N1CCOCC1. The van der Waals surface area contributed by atoms with E-state index in [1.54, 1.807) is 6.07 Å². The Kier molecular flexibility index (Phi) is 6.13. The number of rotatable bonds is 7. The van der Waals surface area contributed by atoms with E-state index in [1.807, 2.05) is 36.1 Å². The highest BCUT2D eigenvalue weighted by Gasteiger charge is 2.22. The van der Waals surface area contributed by atoms with Crippen molar-refractivity contribution >= 4 is 28.3 Å². The number of nitro benzene ring substituents is 1. The summed E-state index contributed by atoms with van der Waals surface area (Å²) >= 11 is 0. The van der Waals surface area contributed by atoms with Gasteiger partial charge in [0.25, 0.3) is 11.6 Å². The number of benzene rings is 2. The number of non-ortho nitro benzene ring substituents is 1. The molecule has 3 aromatic rings. The summed E-state index contributed by atoms with van der Waals surface area (Å²) in [6.45, 7) is 5.56. The van der Waals surface area contributed by atoms with Gasteiger partial charge in [-0.1, -0.05) is 12.1 Å². The van der Waals surface area contributed by atoms with Gasteiger partial charge in [0.1, 0.15) is 5.82 Å². The monoisotopic (exact) mass is 423 g/mol. The third-order valence-electron chi connectivity index (χ3n) is 5.48. The summed E-state index contributed by atoms with van der Waals surface area (Å²) < 4.78 is 7.51. The molecule has 2 aromatic carbocycles. The second-order valence-electron chi connectivity index (χ2n) is 7.47. The van der Waals surface area contributed by atoms with Gasteiger partial charge in [-0.25, -0.2) is 4.98 Å².